The third-order valence-electron chi connectivity index (χ3n) is 2.57. The Labute approximate surface area is 119 Å². The Hall–Kier alpha value is -1.24. The van der Waals surface area contributed by atoms with E-state index >= 15 is 0 Å². The van der Waals surface area contributed by atoms with Gasteiger partial charge in [-0.1, -0.05) is 19.4 Å². The average molecular weight is 355 g/mol. The minimum absolute atomic E-state index is 0.0913. The van der Waals surface area contributed by atoms with Crippen LogP contribution in [-0.4, -0.2) is 15.0 Å². The van der Waals surface area contributed by atoms with E-state index in [0.717, 1.165) is 24.1 Å². The van der Waals surface area contributed by atoms with Crippen molar-refractivity contribution in [1.82, 2.24) is 15.0 Å². The zero-order chi connectivity index (χ0) is 13.1. The van der Waals surface area contributed by atoms with Gasteiger partial charge in [-0.2, -0.15) is 0 Å². The summed E-state index contributed by atoms with van der Waals surface area (Å²) in [6, 6.07) is 3.83. The Morgan fingerprint density at radius 2 is 2.17 bits per heavy atom. The Morgan fingerprint density at radius 1 is 1.39 bits per heavy atom. The van der Waals surface area contributed by atoms with Crippen molar-refractivity contribution in [2.75, 3.05) is 0 Å². The topological polar surface area (TPSA) is 58.6 Å². The van der Waals surface area contributed by atoms with Gasteiger partial charge in [-0.25, -0.2) is 4.98 Å². The Morgan fingerprint density at radius 3 is 2.78 bits per heavy atom. The number of halogens is 1. The molecule has 2 rings (SSSR count). The van der Waals surface area contributed by atoms with E-state index in [1.54, 1.807) is 6.20 Å². The number of aromatic nitrogens is 3. The molecule has 1 N–H and O–H groups in total. The summed E-state index contributed by atoms with van der Waals surface area (Å²) in [5, 5.41) is 0. The van der Waals surface area contributed by atoms with Gasteiger partial charge in [-0.05, 0) is 47.6 Å². The highest BCUT2D eigenvalue weighted by molar-refractivity contribution is 14.1. The molecular weight excluding hydrogens is 341 g/mol. The van der Waals surface area contributed by atoms with Gasteiger partial charge < -0.3 is 4.98 Å². The van der Waals surface area contributed by atoms with Gasteiger partial charge in [0.1, 0.15) is 5.69 Å². The van der Waals surface area contributed by atoms with Crippen molar-refractivity contribution in [2.24, 2.45) is 0 Å². The molecular formula is C13H14IN3O. The molecule has 0 saturated carbocycles. The van der Waals surface area contributed by atoms with Crippen LogP contribution in [0.15, 0.2) is 23.1 Å². The Bertz CT molecular complexity index is 605. The third kappa shape index (κ3) is 2.77. The molecule has 2 aromatic rings. The molecule has 0 radical (unpaired) electrons. The van der Waals surface area contributed by atoms with Crippen LogP contribution in [0.4, 0.5) is 0 Å². The predicted octanol–water partition coefficient (Wildman–Crippen LogP) is 2.70. The maximum atomic E-state index is 11.8. The molecule has 0 aliphatic carbocycles. The smallest absolute Gasteiger partial charge is 0.264 e. The van der Waals surface area contributed by atoms with Crippen molar-refractivity contribution in [3.8, 4) is 11.5 Å². The summed E-state index contributed by atoms with van der Waals surface area (Å²) in [5.74, 6) is 0.545. The number of rotatable bonds is 3. The lowest BCUT2D eigenvalue weighted by molar-refractivity contribution is 0.858. The summed E-state index contributed by atoms with van der Waals surface area (Å²) in [7, 11) is 0. The highest BCUT2D eigenvalue weighted by atomic mass is 127. The van der Waals surface area contributed by atoms with E-state index in [2.05, 4.69) is 21.9 Å². The first-order valence-corrected chi connectivity index (χ1v) is 6.91. The first-order valence-electron chi connectivity index (χ1n) is 5.83. The van der Waals surface area contributed by atoms with Gasteiger partial charge in [0.15, 0.2) is 5.82 Å². The molecule has 18 heavy (non-hydrogen) atoms. The van der Waals surface area contributed by atoms with E-state index in [4.69, 9.17) is 0 Å². The van der Waals surface area contributed by atoms with Crippen LogP contribution in [0, 0.1) is 10.5 Å². The van der Waals surface area contributed by atoms with Gasteiger partial charge in [-0.3, -0.25) is 9.78 Å². The van der Waals surface area contributed by atoms with Gasteiger partial charge in [0.25, 0.3) is 5.56 Å². The van der Waals surface area contributed by atoms with Gasteiger partial charge in [0.2, 0.25) is 0 Å². The molecule has 0 aromatic carbocycles. The number of nitrogens with zero attached hydrogens (tertiary/aromatic N) is 2. The highest BCUT2D eigenvalue weighted by Gasteiger charge is 2.10. The lowest BCUT2D eigenvalue weighted by Gasteiger charge is -2.05. The van der Waals surface area contributed by atoms with Crippen LogP contribution in [-0.2, 0) is 6.42 Å². The van der Waals surface area contributed by atoms with Crippen LogP contribution in [0.5, 0.6) is 0 Å². The molecule has 5 heteroatoms. The number of aromatic amines is 1. The van der Waals surface area contributed by atoms with E-state index in [1.165, 1.54) is 0 Å². The van der Waals surface area contributed by atoms with Crippen LogP contribution in [0.2, 0.25) is 0 Å². The van der Waals surface area contributed by atoms with Crippen LogP contribution in [0.25, 0.3) is 11.5 Å². The highest BCUT2D eigenvalue weighted by Crippen LogP contribution is 2.14. The van der Waals surface area contributed by atoms with Crippen molar-refractivity contribution in [2.45, 2.75) is 26.7 Å². The van der Waals surface area contributed by atoms with E-state index < -0.39 is 0 Å². The molecule has 2 aromatic heterocycles. The van der Waals surface area contributed by atoms with E-state index in [9.17, 15) is 4.79 Å². The molecule has 4 nitrogen and oxygen atoms in total. The average Bonchev–Trinajstić information content (AvgIpc) is 2.36. The van der Waals surface area contributed by atoms with Crippen LogP contribution < -0.4 is 5.56 Å². The van der Waals surface area contributed by atoms with Gasteiger partial charge in [0.05, 0.1) is 9.26 Å². The minimum atomic E-state index is -0.0913. The van der Waals surface area contributed by atoms with Crippen molar-refractivity contribution < 1.29 is 0 Å². The van der Waals surface area contributed by atoms with E-state index in [1.807, 2.05) is 41.6 Å². The third-order valence-corrected chi connectivity index (χ3v) is 3.68. The number of H-pyrrole nitrogens is 1. The molecule has 0 fully saturated rings. The monoisotopic (exact) mass is 355 g/mol. The lowest BCUT2D eigenvalue weighted by atomic mass is 10.2. The van der Waals surface area contributed by atoms with Crippen molar-refractivity contribution >= 4 is 22.6 Å². The summed E-state index contributed by atoms with van der Waals surface area (Å²) in [6.45, 7) is 4.05. The molecule has 0 bridgehead atoms. The molecule has 94 valence electrons. The molecule has 0 saturated heterocycles. The minimum Gasteiger partial charge on any atom is -0.304 e. The SMILES string of the molecule is CCCc1nc(-c2ccc(C)cn2)[nH]c(=O)c1I. The van der Waals surface area contributed by atoms with E-state index in [-0.39, 0.29) is 5.56 Å². The second kappa shape index (κ2) is 5.60. The van der Waals surface area contributed by atoms with Gasteiger partial charge >= 0.3 is 0 Å². The first kappa shape index (κ1) is 13.2. The van der Waals surface area contributed by atoms with Crippen LogP contribution in [0.3, 0.4) is 0 Å². The molecule has 0 aliphatic heterocycles. The van der Waals surface area contributed by atoms with Crippen LogP contribution >= 0.6 is 22.6 Å². The first-order chi connectivity index (χ1) is 8.61. The van der Waals surface area contributed by atoms with Crippen molar-refractivity contribution in [3.05, 3.63) is 43.5 Å². The Kier molecular flexibility index (Phi) is 4.11. The summed E-state index contributed by atoms with van der Waals surface area (Å²) in [6.07, 6.45) is 3.54. The fourth-order valence-electron chi connectivity index (χ4n) is 1.64. The summed E-state index contributed by atoms with van der Waals surface area (Å²) in [4.78, 5) is 23.4. The summed E-state index contributed by atoms with van der Waals surface area (Å²) in [5.41, 5.74) is 2.54. The number of aryl methyl sites for hydroxylation is 2. The standard InChI is InChI=1S/C13H14IN3O/c1-3-4-9-11(14)13(18)17-12(16-9)10-6-5-8(2)7-15-10/h5-7H,3-4H2,1-2H3,(H,16,17,18). The fourth-order valence-corrected chi connectivity index (χ4v) is 2.16. The molecule has 0 spiro atoms. The second-order valence-corrected chi connectivity index (χ2v) is 5.22. The Balaban J connectivity index is 2.51. The molecule has 0 aliphatic rings. The molecule has 0 unspecified atom stereocenters. The number of hydrogen-bond acceptors (Lipinski definition) is 3. The number of pyridine rings is 1. The summed E-state index contributed by atoms with van der Waals surface area (Å²) >= 11 is 2.04. The van der Waals surface area contributed by atoms with Crippen molar-refractivity contribution in [3.63, 3.8) is 0 Å². The molecule has 2 heterocycles. The predicted molar refractivity (Wildman–Crippen MR) is 79.5 cm³/mol. The zero-order valence-corrected chi connectivity index (χ0v) is 12.5. The second-order valence-electron chi connectivity index (χ2n) is 4.15. The lowest BCUT2D eigenvalue weighted by Crippen LogP contribution is -2.16. The number of nitrogens with one attached hydrogen (secondary N) is 1. The number of hydrogen-bond donors (Lipinski definition) is 1. The van der Waals surface area contributed by atoms with Gasteiger partial charge in [0, 0.05) is 6.20 Å². The van der Waals surface area contributed by atoms with Crippen molar-refractivity contribution in [1.29, 1.82) is 0 Å². The van der Waals surface area contributed by atoms with Gasteiger partial charge in [-0.15, -0.1) is 0 Å². The largest absolute Gasteiger partial charge is 0.304 e. The quantitative estimate of drug-likeness (QED) is 0.862. The van der Waals surface area contributed by atoms with E-state index in [0.29, 0.717) is 15.1 Å². The normalized spacial score (nSPS) is 10.6. The maximum Gasteiger partial charge on any atom is 0.264 e. The fraction of sp³-hybridized carbons (Fsp3) is 0.308. The maximum absolute atomic E-state index is 11.8. The van der Waals surface area contributed by atoms with Crippen LogP contribution in [0.1, 0.15) is 24.6 Å². The summed E-state index contributed by atoms with van der Waals surface area (Å²) < 4.78 is 0.672. The molecule has 0 atom stereocenters. The molecule has 0 amide bonds. The zero-order valence-electron chi connectivity index (χ0n) is 10.3.